The predicted octanol–water partition coefficient (Wildman–Crippen LogP) is 7.66. The molecule has 0 fully saturated rings. The summed E-state index contributed by atoms with van der Waals surface area (Å²) >= 11 is 1.77. The van der Waals surface area contributed by atoms with E-state index in [-0.39, 0.29) is 5.04 Å². The van der Waals surface area contributed by atoms with Crippen LogP contribution in [-0.4, -0.2) is 31.5 Å². The highest BCUT2D eigenvalue weighted by molar-refractivity contribution is 7.08. The third-order valence-corrected chi connectivity index (χ3v) is 13.0. The van der Waals surface area contributed by atoms with Crippen molar-refractivity contribution in [2.45, 2.75) is 45.8 Å². The van der Waals surface area contributed by atoms with Gasteiger partial charge in [0.2, 0.25) is 0 Å². The molecular formula is C26H33N3SSi. The van der Waals surface area contributed by atoms with Crippen LogP contribution in [0.25, 0.3) is 33.3 Å². The number of aromatic nitrogens is 2. The maximum Gasteiger partial charge on any atom is 0.163 e. The van der Waals surface area contributed by atoms with Crippen LogP contribution in [0.4, 0.5) is 5.69 Å². The predicted molar refractivity (Wildman–Crippen MR) is 140 cm³/mol. The summed E-state index contributed by atoms with van der Waals surface area (Å²) in [6.45, 7) is 14.2. The maximum absolute atomic E-state index is 5.05. The number of fused-ring (bicyclic) bond motifs is 1. The molecule has 4 rings (SSSR count). The summed E-state index contributed by atoms with van der Waals surface area (Å²) in [4.78, 5) is 7.17. The first kappa shape index (κ1) is 21.8. The van der Waals surface area contributed by atoms with E-state index in [4.69, 9.17) is 4.98 Å². The van der Waals surface area contributed by atoms with Crippen LogP contribution in [0.1, 0.15) is 26.3 Å². The van der Waals surface area contributed by atoms with E-state index in [9.17, 15) is 0 Å². The Kier molecular flexibility index (Phi) is 5.38. The number of hydrogen-bond donors (Lipinski definition) is 0. The molecule has 5 heteroatoms. The molecule has 31 heavy (non-hydrogen) atoms. The number of benzene rings is 1. The number of aryl methyl sites for hydroxylation is 1. The van der Waals surface area contributed by atoms with Crippen LogP contribution in [0.2, 0.25) is 18.1 Å². The van der Waals surface area contributed by atoms with Crippen molar-refractivity contribution in [3.05, 3.63) is 59.0 Å². The molecule has 162 valence electrons. The third kappa shape index (κ3) is 3.74. The van der Waals surface area contributed by atoms with Crippen LogP contribution in [0.5, 0.6) is 0 Å². The molecule has 3 nitrogen and oxygen atoms in total. The van der Waals surface area contributed by atoms with E-state index in [1.807, 2.05) is 6.20 Å². The quantitative estimate of drug-likeness (QED) is 0.299. The van der Waals surface area contributed by atoms with Crippen molar-refractivity contribution in [3.8, 4) is 22.3 Å². The van der Waals surface area contributed by atoms with Crippen molar-refractivity contribution in [2.75, 3.05) is 19.0 Å². The maximum atomic E-state index is 5.05. The van der Waals surface area contributed by atoms with Crippen LogP contribution in [0, 0.1) is 6.92 Å². The molecule has 0 bridgehead atoms. The molecule has 0 spiro atoms. The van der Waals surface area contributed by atoms with Gasteiger partial charge in [-0.05, 0) is 57.6 Å². The van der Waals surface area contributed by atoms with E-state index in [1.165, 1.54) is 38.9 Å². The highest BCUT2D eigenvalue weighted by Gasteiger charge is 2.39. The Hall–Kier alpha value is -2.37. The van der Waals surface area contributed by atoms with Gasteiger partial charge in [-0.15, -0.1) is 0 Å². The largest absolute Gasteiger partial charge is 0.378 e. The minimum Gasteiger partial charge on any atom is -0.378 e. The summed E-state index contributed by atoms with van der Waals surface area (Å²) < 4.78 is 2.52. The Bertz CT molecular complexity index is 1220. The van der Waals surface area contributed by atoms with Crippen LogP contribution in [0.15, 0.2) is 53.5 Å². The molecule has 3 heterocycles. The van der Waals surface area contributed by atoms with Gasteiger partial charge in [-0.25, -0.2) is 4.98 Å². The molecule has 3 aromatic heterocycles. The Labute approximate surface area is 191 Å². The minimum absolute atomic E-state index is 0.224. The van der Waals surface area contributed by atoms with Gasteiger partial charge >= 0.3 is 0 Å². The number of hydrogen-bond acceptors (Lipinski definition) is 3. The number of pyridine rings is 1. The zero-order chi connectivity index (χ0) is 22.6. The first-order valence-corrected chi connectivity index (χ1v) is 14.7. The fourth-order valence-electron chi connectivity index (χ4n) is 3.86. The fourth-order valence-corrected chi connectivity index (χ4v) is 6.59. The lowest BCUT2D eigenvalue weighted by molar-refractivity contribution is 0.702. The van der Waals surface area contributed by atoms with E-state index >= 15 is 0 Å². The van der Waals surface area contributed by atoms with Gasteiger partial charge in [-0.2, -0.15) is 11.3 Å². The van der Waals surface area contributed by atoms with Crippen molar-refractivity contribution < 1.29 is 0 Å². The van der Waals surface area contributed by atoms with Gasteiger partial charge in [-0.3, -0.25) is 0 Å². The molecule has 0 aliphatic carbocycles. The molecule has 0 aliphatic heterocycles. The number of rotatable bonds is 4. The van der Waals surface area contributed by atoms with Crippen LogP contribution < -0.4 is 4.90 Å². The molecule has 4 aromatic rings. The Balaban J connectivity index is 1.94. The molecular weight excluding hydrogens is 414 g/mol. The second-order valence-corrected chi connectivity index (χ2v) is 16.1. The summed E-state index contributed by atoms with van der Waals surface area (Å²) in [6.07, 6.45) is 4.42. The molecule has 0 aliphatic rings. The molecule has 0 atom stereocenters. The van der Waals surface area contributed by atoms with E-state index < -0.39 is 8.24 Å². The van der Waals surface area contributed by atoms with Gasteiger partial charge in [0.1, 0.15) is 5.65 Å². The molecule has 0 radical (unpaired) electrons. The van der Waals surface area contributed by atoms with Gasteiger partial charge < -0.3 is 9.13 Å². The van der Waals surface area contributed by atoms with Gasteiger partial charge in [0.25, 0.3) is 0 Å². The van der Waals surface area contributed by atoms with Crippen molar-refractivity contribution in [1.29, 1.82) is 0 Å². The van der Waals surface area contributed by atoms with Gasteiger partial charge in [0, 0.05) is 48.7 Å². The minimum atomic E-state index is -1.82. The zero-order valence-electron chi connectivity index (χ0n) is 19.9. The average Bonchev–Trinajstić information content (AvgIpc) is 3.30. The molecule has 0 amide bonds. The first-order valence-electron chi connectivity index (χ1n) is 10.8. The number of anilines is 1. The molecule has 1 aromatic carbocycles. The normalized spacial score (nSPS) is 12.5. The van der Waals surface area contributed by atoms with Crippen molar-refractivity contribution >= 4 is 36.3 Å². The smallest absolute Gasteiger partial charge is 0.163 e. The van der Waals surface area contributed by atoms with Crippen LogP contribution in [-0.2, 0) is 0 Å². The lowest BCUT2D eigenvalue weighted by atomic mass is 10.0. The molecule has 0 saturated carbocycles. The summed E-state index contributed by atoms with van der Waals surface area (Å²) in [5, 5.41) is 5.99. The Morgan fingerprint density at radius 3 is 2.19 bits per heavy atom. The highest BCUT2D eigenvalue weighted by atomic mass is 32.1. The number of nitrogens with zero attached hydrogens (tertiary/aromatic N) is 3. The second-order valence-electron chi connectivity index (χ2n) is 10.2. The Morgan fingerprint density at radius 2 is 1.65 bits per heavy atom. The SMILES string of the molecule is Cc1cscc1-c1cn([Si](C)(C)C(C)(C)C)c2ncc(-c3ccc(N(C)C)cc3)cc12. The van der Waals surface area contributed by atoms with Crippen molar-refractivity contribution in [2.24, 2.45) is 0 Å². The zero-order valence-corrected chi connectivity index (χ0v) is 21.8. The standard InChI is InChI=1S/C26H33N3SSi/c1-18-16-30-17-24(18)23-15-29(31(7,8)26(2,3)4)25-22(23)13-20(14-27-25)19-9-11-21(12-10-19)28(5)6/h9-17H,1-8H3. The van der Waals surface area contributed by atoms with E-state index in [0.29, 0.717) is 0 Å². The topological polar surface area (TPSA) is 21.1 Å². The van der Waals surface area contributed by atoms with Gasteiger partial charge in [-0.1, -0.05) is 46.0 Å². The van der Waals surface area contributed by atoms with E-state index in [0.717, 1.165) is 5.65 Å². The summed E-state index contributed by atoms with van der Waals surface area (Å²) in [6, 6.07) is 11.1. The van der Waals surface area contributed by atoms with Crippen molar-refractivity contribution in [1.82, 2.24) is 9.22 Å². The summed E-state index contributed by atoms with van der Waals surface area (Å²) in [5.74, 6) is 0. The first-order chi connectivity index (χ1) is 14.5. The molecule has 0 saturated heterocycles. The van der Waals surface area contributed by atoms with Gasteiger partial charge in [0.05, 0.1) is 0 Å². The Morgan fingerprint density at radius 1 is 0.968 bits per heavy atom. The van der Waals surface area contributed by atoms with Crippen LogP contribution in [0.3, 0.4) is 0 Å². The summed E-state index contributed by atoms with van der Waals surface area (Å²) in [5.41, 5.74) is 8.65. The lowest BCUT2D eigenvalue weighted by Crippen LogP contribution is -2.45. The molecule has 0 N–H and O–H groups in total. The van der Waals surface area contributed by atoms with E-state index in [2.05, 4.69) is 111 Å². The van der Waals surface area contributed by atoms with E-state index in [1.54, 1.807) is 11.3 Å². The van der Waals surface area contributed by atoms with Gasteiger partial charge in [0.15, 0.2) is 8.24 Å². The summed E-state index contributed by atoms with van der Waals surface area (Å²) in [7, 11) is 2.32. The highest BCUT2D eigenvalue weighted by Crippen LogP contribution is 2.42. The molecule has 0 unspecified atom stereocenters. The fraction of sp³-hybridized carbons (Fsp3) is 0.346. The number of thiophene rings is 1. The second kappa shape index (κ2) is 7.64. The monoisotopic (exact) mass is 447 g/mol. The lowest BCUT2D eigenvalue weighted by Gasteiger charge is -2.38. The van der Waals surface area contributed by atoms with Crippen LogP contribution >= 0.6 is 11.3 Å². The average molecular weight is 448 g/mol. The van der Waals surface area contributed by atoms with Crippen molar-refractivity contribution in [3.63, 3.8) is 0 Å². The third-order valence-electron chi connectivity index (χ3n) is 6.94.